The van der Waals surface area contributed by atoms with E-state index in [1.165, 1.54) is 23.0 Å². The van der Waals surface area contributed by atoms with E-state index in [2.05, 4.69) is 65.6 Å². The third kappa shape index (κ3) is 3.40. The third-order valence-corrected chi connectivity index (χ3v) is 4.55. The number of nitrogens with one attached hydrogen (secondary N) is 1. The summed E-state index contributed by atoms with van der Waals surface area (Å²) in [7, 11) is 0. The van der Waals surface area contributed by atoms with Crippen molar-refractivity contribution in [3.8, 4) is 0 Å². The van der Waals surface area contributed by atoms with Crippen molar-refractivity contribution in [1.29, 1.82) is 0 Å². The van der Waals surface area contributed by atoms with E-state index in [1.807, 2.05) is 6.20 Å². The Morgan fingerprint density at radius 1 is 1.42 bits per heavy atom. The van der Waals surface area contributed by atoms with E-state index in [0.29, 0.717) is 12.0 Å². The van der Waals surface area contributed by atoms with E-state index < -0.39 is 0 Å². The number of aromatic nitrogens is 2. The molecule has 0 aromatic carbocycles. The van der Waals surface area contributed by atoms with E-state index in [9.17, 15) is 0 Å². The first kappa shape index (κ1) is 15.0. The highest BCUT2D eigenvalue weighted by atomic mass is 79.9. The standard InChI is InChI=1S/C15H26BrN3/c1-10(2)19-14(13(16)9-18-19)12-7-6-11(12)8-17-15(3,4)5/h9-12,17H,6-8H2,1-5H3. The van der Waals surface area contributed by atoms with Crippen molar-refractivity contribution >= 4 is 15.9 Å². The molecule has 0 saturated heterocycles. The van der Waals surface area contributed by atoms with Gasteiger partial charge in [0, 0.05) is 17.5 Å². The molecule has 0 radical (unpaired) electrons. The summed E-state index contributed by atoms with van der Waals surface area (Å²) in [6, 6.07) is 0.429. The van der Waals surface area contributed by atoms with Gasteiger partial charge in [-0.05, 0) is 75.9 Å². The SMILES string of the molecule is CC(C)n1ncc(Br)c1C1CCC1CNC(C)(C)C. The molecule has 0 bridgehead atoms. The monoisotopic (exact) mass is 327 g/mol. The van der Waals surface area contributed by atoms with Crippen LogP contribution >= 0.6 is 15.9 Å². The van der Waals surface area contributed by atoms with Crippen molar-refractivity contribution in [1.82, 2.24) is 15.1 Å². The number of nitrogens with zero attached hydrogens (tertiary/aromatic N) is 2. The minimum Gasteiger partial charge on any atom is -0.312 e. The molecule has 1 N–H and O–H groups in total. The summed E-state index contributed by atoms with van der Waals surface area (Å²) in [5.41, 5.74) is 1.59. The molecule has 1 aromatic rings. The number of hydrogen-bond acceptors (Lipinski definition) is 2. The Bertz CT molecular complexity index is 431. The lowest BCUT2D eigenvalue weighted by atomic mass is 9.71. The lowest BCUT2D eigenvalue weighted by Gasteiger charge is -2.39. The summed E-state index contributed by atoms with van der Waals surface area (Å²) in [5, 5.41) is 8.15. The van der Waals surface area contributed by atoms with Gasteiger partial charge in [-0.15, -0.1) is 0 Å². The fraction of sp³-hybridized carbons (Fsp3) is 0.800. The highest BCUT2D eigenvalue weighted by molar-refractivity contribution is 9.10. The second kappa shape index (κ2) is 5.57. The topological polar surface area (TPSA) is 29.9 Å². The predicted molar refractivity (Wildman–Crippen MR) is 83.5 cm³/mol. The van der Waals surface area contributed by atoms with Crippen LogP contribution in [0, 0.1) is 5.92 Å². The average molecular weight is 328 g/mol. The molecule has 1 aliphatic rings. The second-order valence-electron chi connectivity index (χ2n) is 6.99. The van der Waals surface area contributed by atoms with Crippen LogP contribution in [0.4, 0.5) is 0 Å². The highest BCUT2D eigenvalue weighted by Gasteiger charge is 2.36. The lowest BCUT2D eigenvalue weighted by Crippen LogP contribution is -2.43. The highest BCUT2D eigenvalue weighted by Crippen LogP contribution is 2.45. The summed E-state index contributed by atoms with van der Waals surface area (Å²) in [6.45, 7) is 12.2. The van der Waals surface area contributed by atoms with E-state index in [4.69, 9.17) is 0 Å². The maximum absolute atomic E-state index is 4.51. The molecule has 0 aliphatic heterocycles. The van der Waals surface area contributed by atoms with Gasteiger partial charge in [0.15, 0.2) is 0 Å². The van der Waals surface area contributed by atoms with E-state index in [-0.39, 0.29) is 5.54 Å². The van der Waals surface area contributed by atoms with E-state index in [1.54, 1.807) is 0 Å². The normalized spacial score (nSPS) is 23.7. The molecular weight excluding hydrogens is 302 g/mol. The molecule has 4 heteroatoms. The zero-order chi connectivity index (χ0) is 14.2. The minimum absolute atomic E-state index is 0.204. The van der Waals surface area contributed by atoms with Crippen LogP contribution in [0.15, 0.2) is 10.7 Å². The largest absolute Gasteiger partial charge is 0.312 e. The van der Waals surface area contributed by atoms with E-state index >= 15 is 0 Å². The lowest BCUT2D eigenvalue weighted by molar-refractivity contribution is 0.213. The number of halogens is 1. The Kier molecular flexibility index (Phi) is 4.41. The molecule has 0 amide bonds. The Balaban J connectivity index is 2.08. The second-order valence-corrected chi connectivity index (χ2v) is 7.85. The fourth-order valence-corrected chi connectivity index (χ4v) is 3.29. The molecule has 1 aromatic heterocycles. The van der Waals surface area contributed by atoms with Crippen molar-refractivity contribution in [3.63, 3.8) is 0 Å². The van der Waals surface area contributed by atoms with Gasteiger partial charge in [-0.2, -0.15) is 5.10 Å². The Morgan fingerprint density at radius 2 is 2.11 bits per heavy atom. The van der Waals surface area contributed by atoms with Gasteiger partial charge in [0.25, 0.3) is 0 Å². The van der Waals surface area contributed by atoms with Gasteiger partial charge in [-0.25, -0.2) is 0 Å². The van der Waals surface area contributed by atoms with Crippen molar-refractivity contribution in [2.24, 2.45) is 5.92 Å². The van der Waals surface area contributed by atoms with Crippen molar-refractivity contribution in [3.05, 3.63) is 16.4 Å². The van der Waals surface area contributed by atoms with Gasteiger partial charge in [0.05, 0.1) is 16.4 Å². The first-order valence-corrected chi connectivity index (χ1v) is 8.07. The quantitative estimate of drug-likeness (QED) is 0.901. The van der Waals surface area contributed by atoms with Crippen LogP contribution in [0.25, 0.3) is 0 Å². The molecule has 1 saturated carbocycles. The van der Waals surface area contributed by atoms with Gasteiger partial charge in [-0.3, -0.25) is 4.68 Å². The van der Waals surface area contributed by atoms with Gasteiger partial charge in [0.1, 0.15) is 0 Å². The van der Waals surface area contributed by atoms with Crippen LogP contribution in [0.5, 0.6) is 0 Å². The first-order valence-electron chi connectivity index (χ1n) is 7.27. The van der Waals surface area contributed by atoms with Crippen LogP contribution in [-0.4, -0.2) is 21.9 Å². The van der Waals surface area contributed by atoms with Crippen LogP contribution in [0.2, 0.25) is 0 Å². The molecular formula is C15H26BrN3. The maximum atomic E-state index is 4.51. The van der Waals surface area contributed by atoms with E-state index in [0.717, 1.165) is 12.5 Å². The zero-order valence-corrected chi connectivity index (χ0v) is 14.3. The van der Waals surface area contributed by atoms with Crippen LogP contribution < -0.4 is 5.32 Å². The van der Waals surface area contributed by atoms with Crippen LogP contribution in [-0.2, 0) is 0 Å². The summed E-state index contributed by atoms with van der Waals surface area (Å²) >= 11 is 3.68. The van der Waals surface area contributed by atoms with Crippen LogP contribution in [0.1, 0.15) is 65.1 Å². The summed E-state index contributed by atoms with van der Waals surface area (Å²) in [6.07, 6.45) is 4.55. The number of rotatable bonds is 4. The van der Waals surface area contributed by atoms with Crippen molar-refractivity contribution < 1.29 is 0 Å². The molecule has 1 aliphatic carbocycles. The summed E-state index contributed by atoms with van der Waals surface area (Å²) in [5.74, 6) is 1.39. The molecule has 1 fully saturated rings. The Morgan fingerprint density at radius 3 is 2.58 bits per heavy atom. The van der Waals surface area contributed by atoms with Crippen molar-refractivity contribution in [2.45, 2.75) is 65.0 Å². The minimum atomic E-state index is 0.204. The van der Waals surface area contributed by atoms with Gasteiger partial charge >= 0.3 is 0 Å². The molecule has 2 unspecified atom stereocenters. The third-order valence-electron chi connectivity index (χ3n) is 3.94. The number of hydrogen-bond donors (Lipinski definition) is 1. The Labute approximate surface area is 125 Å². The fourth-order valence-electron chi connectivity index (χ4n) is 2.72. The van der Waals surface area contributed by atoms with Gasteiger partial charge < -0.3 is 5.32 Å². The van der Waals surface area contributed by atoms with Crippen molar-refractivity contribution in [2.75, 3.05) is 6.54 Å². The smallest absolute Gasteiger partial charge is 0.0635 e. The predicted octanol–water partition coefficient (Wildman–Crippen LogP) is 4.11. The zero-order valence-electron chi connectivity index (χ0n) is 12.7. The molecule has 0 spiro atoms. The molecule has 108 valence electrons. The summed E-state index contributed by atoms with van der Waals surface area (Å²) in [4.78, 5) is 0. The molecule has 19 heavy (non-hydrogen) atoms. The van der Waals surface area contributed by atoms with Gasteiger partial charge in [-0.1, -0.05) is 0 Å². The Hall–Kier alpha value is -0.350. The maximum Gasteiger partial charge on any atom is 0.0635 e. The molecule has 3 nitrogen and oxygen atoms in total. The van der Waals surface area contributed by atoms with Crippen LogP contribution in [0.3, 0.4) is 0 Å². The average Bonchev–Trinajstić information content (AvgIpc) is 2.58. The van der Waals surface area contributed by atoms with Gasteiger partial charge in [0.2, 0.25) is 0 Å². The molecule has 1 heterocycles. The first-order chi connectivity index (χ1) is 8.79. The summed E-state index contributed by atoms with van der Waals surface area (Å²) < 4.78 is 3.35. The molecule has 2 rings (SSSR count). The molecule has 2 atom stereocenters.